The van der Waals surface area contributed by atoms with Crippen LogP contribution in [0.2, 0.25) is 10.0 Å². The fourth-order valence-electron chi connectivity index (χ4n) is 6.59. The summed E-state index contributed by atoms with van der Waals surface area (Å²) < 4.78 is 32.8. The van der Waals surface area contributed by atoms with Crippen LogP contribution >= 0.6 is 55.1 Å². The Balaban J connectivity index is 1.23. The van der Waals surface area contributed by atoms with Gasteiger partial charge in [-0.05, 0) is 111 Å². The van der Waals surface area contributed by atoms with Gasteiger partial charge in [0.1, 0.15) is 17.7 Å². The van der Waals surface area contributed by atoms with E-state index in [1.807, 2.05) is 0 Å². The van der Waals surface area contributed by atoms with E-state index in [0.717, 1.165) is 15.0 Å². The molecule has 1 atom stereocenters. The fraction of sp³-hybridized carbons (Fsp3) is 0.231. The zero-order chi connectivity index (χ0) is 37.8. The molecule has 3 aliphatic carbocycles. The number of benzene rings is 4. The van der Waals surface area contributed by atoms with Crippen LogP contribution in [0.4, 0.5) is 4.39 Å². The molecule has 7 rings (SSSR count). The highest BCUT2D eigenvalue weighted by molar-refractivity contribution is 9.10. The minimum atomic E-state index is -1.17. The molecule has 2 amide bonds. The Labute approximate surface area is 331 Å². The van der Waals surface area contributed by atoms with E-state index in [0.29, 0.717) is 29.0 Å². The molecule has 4 aromatic carbocycles. The molecule has 9 nitrogen and oxygen atoms in total. The Morgan fingerprint density at radius 2 is 1.38 bits per heavy atom. The number of hydrogen-bond acceptors (Lipinski definition) is 7. The Hall–Kier alpha value is -4.23. The minimum absolute atomic E-state index is 0.0662. The number of esters is 2. The molecule has 3 saturated carbocycles. The third kappa shape index (κ3) is 9.12. The summed E-state index contributed by atoms with van der Waals surface area (Å²) in [6.07, 6.45) is 1.87. The van der Waals surface area contributed by atoms with Crippen LogP contribution in [0.15, 0.2) is 106 Å². The lowest BCUT2D eigenvalue weighted by molar-refractivity contribution is -0.156. The second kappa shape index (κ2) is 16.4. The van der Waals surface area contributed by atoms with Gasteiger partial charge in [0.15, 0.2) is 12.4 Å². The monoisotopic (exact) mass is 886 g/mol. The number of nitrogens with one attached hydrogen (secondary N) is 2. The van der Waals surface area contributed by atoms with Gasteiger partial charge in [-0.15, -0.1) is 0 Å². The Morgan fingerprint density at radius 1 is 0.792 bits per heavy atom. The maximum Gasteiger partial charge on any atom is 0.343 e. The van der Waals surface area contributed by atoms with E-state index in [-0.39, 0.29) is 41.4 Å². The lowest BCUT2D eigenvalue weighted by Crippen LogP contribution is -2.66. The average Bonchev–Trinajstić information content (AvgIpc) is 3.15. The highest BCUT2D eigenvalue weighted by atomic mass is 79.9. The van der Waals surface area contributed by atoms with Gasteiger partial charge in [-0.25, -0.2) is 14.0 Å². The van der Waals surface area contributed by atoms with E-state index in [9.17, 15) is 23.6 Å². The molecule has 0 aromatic heterocycles. The lowest BCUT2D eigenvalue weighted by atomic mass is 9.55. The predicted molar refractivity (Wildman–Crippen MR) is 204 cm³/mol. The normalized spacial score (nSPS) is 20.6. The van der Waals surface area contributed by atoms with Gasteiger partial charge in [-0.1, -0.05) is 55.1 Å². The quantitative estimate of drug-likeness (QED) is 0.114. The van der Waals surface area contributed by atoms with Crippen LogP contribution in [0.1, 0.15) is 58.4 Å². The van der Waals surface area contributed by atoms with Crippen molar-refractivity contribution >= 4 is 84.6 Å². The first kappa shape index (κ1) is 38.5. The number of carbonyl (C=O) groups excluding carboxylic acids is 4. The van der Waals surface area contributed by atoms with Crippen LogP contribution in [-0.4, -0.2) is 42.0 Å². The standard InChI is InChI=1S/C39H31Br2Cl2FN2O7/c40-26-7-1-24(2-8-26)35(48)52-32(23-5-11-28(42)12-6-23)21-45-37(50)39-17-15-38(16-18-39,20-33(39)53-36(49)25-3-9-27(41)10-4-25)46-34(47)22-51-29-13-14-30(43)31(44)19-29/h1-14,19,21,33H,15-18,20,22H2,(H,45,50)(H,46,47)/b32-21-/t33-,38?,39?/m1/s1. The third-order valence-corrected chi connectivity index (χ3v) is 11.1. The molecule has 3 fully saturated rings. The molecule has 53 heavy (non-hydrogen) atoms. The van der Waals surface area contributed by atoms with Crippen molar-refractivity contribution in [2.24, 2.45) is 5.41 Å². The minimum Gasteiger partial charge on any atom is -0.484 e. The number of fused-ring (bicyclic) bond motifs is 3. The number of halogens is 5. The van der Waals surface area contributed by atoms with Crippen molar-refractivity contribution in [3.63, 3.8) is 0 Å². The molecule has 0 saturated heterocycles. The smallest absolute Gasteiger partial charge is 0.343 e. The average molecular weight is 889 g/mol. The zero-order valence-electron chi connectivity index (χ0n) is 27.8. The van der Waals surface area contributed by atoms with Crippen LogP contribution in [0, 0.1) is 11.2 Å². The summed E-state index contributed by atoms with van der Waals surface area (Å²) >= 11 is 18.6. The van der Waals surface area contributed by atoms with E-state index in [2.05, 4.69) is 42.5 Å². The van der Waals surface area contributed by atoms with Gasteiger partial charge in [0.2, 0.25) is 5.91 Å². The molecule has 4 aromatic rings. The largest absolute Gasteiger partial charge is 0.484 e. The van der Waals surface area contributed by atoms with Gasteiger partial charge in [-0.3, -0.25) is 9.59 Å². The Kier molecular flexibility index (Phi) is 11.9. The number of amides is 2. The van der Waals surface area contributed by atoms with Crippen molar-refractivity contribution in [3.05, 3.63) is 139 Å². The topological polar surface area (TPSA) is 120 Å². The summed E-state index contributed by atoms with van der Waals surface area (Å²) in [4.78, 5) is 54.1. The van der Waals surface area contributed by atoms with Gasteiger partial charge in [0.25, 0.3) is 5.91 Å². The van der Waals surface area contributed by atoms with Gasteiger partial charge in [0.05, 0.1) is 21.6 Å². The van der Waals surface area contributed by atoms with Crippen LogP contribution in [0.3, 0.4) is 0 Å². The molecule has 0 heterocycles. The Bertz CT molecular complexity index is 2050. The van der Waals surface area contributed by atoms with Crippen molar-refractivity contribution in [2.45, 2.75) is 43.7 Å². The van der Waals surface area contributed by atoms with Crippen molar-refractivity contribution in [3.8, 4) is 5.75 Å². The predicted octanol–water partition coefficient (Wildman–Crippen LogP) is 9.05. The molecule has 0 unspecified atom stereocenters. The summed E-state index contributed by atoms with van der Waals surface area (Å²) in [7, 11) is 0. The molecule has 274 valence electrons. The lowest BCUT2D eigenvalue weighted by Gasteiger charge is -2.55. The summed E-state index contributed by atoms with van der Waals surface area (Å²) in [5.41, 5.74) is -0.915. The molecule has 14 heteroatoms. The molecule has 2 N–H and O–H groups in total. The van der Waals surface area contributed by atoms with Crippen molar-refractivity contribution in [1.82, 2.24) is 10.6 Å². The molecule has 2 bridgehead atoms. The van der Waals surface area contributed by atoms with E-state index >= 15 is 0 Å². The van der Waals surface area contributed by atoms with Gasteiger partial charge in [0, 0.05) is 43.8 Å². The van der Waals surface area contributed by atoms with E-state index in [1.54, 1.807) is 72.8 Å². The highest BCUT2D eigenvalue weighted by Crippen LogP contribution is 2.54. The first-order valence-corrected chi connectivity index (χ1v) is 18.8. The molecule has 3 aliphatic rings. The molecular weight excluding hydrogens is 858 g/mol. The van der Waals surface area contributed by atoms with E-state index in [1.165, 1.54) is 18.3 Å². The van der Waals surface area contributed by atoms with Gasteiger partial charge in [-0.2, -0.15) is 0 Å². The first-order chi connectivity index (χ1) is 25.3. The number of rotatable bonds is 11. The maximum atomic E-state index is 14.3. The van der Waals surface area contributed by atoms with Gasteiger partial charge < -0.3 is 24.8 Å². The third-order valence-electron chi connectivity index (χ3n) is 9.48. The fourth-order valence-corrected chi connectivity index (χ4v) is 7.36. The van der Waals surface area contributed by atoms with Crippen LogP contribution in [-0.2, 0) is 19.1 Å². The highest BCUT2D eigenvalue weighted by Gasteiger charge is 2.60. The van der Waals surface area contributed by atoms with Gasteiger partial charge >= 0.3 is 11.9 Å². The van der Waals surface area contributed by atoms with Crippen LogP contribution in [0.25, 0.3) is 5.76 Å². The first-order valence-electron chi connectivity index (χ1n) is 16.5. The van der Waals surface area contributed by atoms with Crippen molar-refractivity contribution in [1.29, 1.82) is 0 Å². The number of carbonyl (C=O) groups is 4. The summed E-state index contributed by atoms with van der Waals surface area (Å²) in [5, 5.41) is 6.28. The van der Waals surface area contributed by atoms with Crippen molar-refractivity contribution in [2.75, 3.05) is 6.61 Å². The zero-order valence-corrected chi connectivity index (χ0v) is 32.5. The second-order valence-electron chi connectivity index (χ2n) is 12.8. The van der Waals surface area contributed by atoms with Crippen LogP contribution < -0.4 is 15.4 Å². The van der Waals surface area contributed by atoms with Crippen LogP contribution in [0.5, 0.6) is 5.75 Å². The van der Waals surface area contributed by atoms with Crippen molar-refractivity contribution < 1.29 is 37.8 Å². The molecule has 0 radical (unpaired) electrons. The molecule has 0 aliphatic heterocycles. The molecular formula is C39H31Br2Cl2FN2O7. The number of hydrogen-bond donors (Lipinski definition) is 2. The number of ether oxygens (including phenoxy) is 3. The summed E-state index contributed by atoms with van der Waals surface area (Å²) in [6, 6.07) is 23.7. The second-order valence-corrected chi connectivity index (χ2v) is 15.5. The SMILES string of the molecule is O=C(COc1ccc(Cl)c(F)c1)NC12CCC(C(=O)N/C=C(\OC(=O)c3ccc(Br)cc3)c3ccc(Cl)cc3)(CC1)[C@H](OC(=O)c1ccc(Br)cc1)C2. The molecule has 0 spiro atoms. The Morgan fingerprint density at radius 3 is 1.98 bits per heavy atom. The summed E-state index contributed by atoms with van der Waals surface area (Å²) in [5.74, 6) is -2.64. The summed E-state index contributed by atoms with van der Waals surface area (Å²) in [6.45, 7) is -0.394. The van der Waals surface area contributed by atoms with E-state index < -0.39 is 53.2 Å². The van der Waals surface area contributed by atoms with E-state index in [4.69, 9.17) is 37.4 Å². The maximum absolute atomic E-state index is 14.3.